The predicted octanol–water partition coefficient (Wildman–Crippen LogP) is 4.04. The summed E-state index contributed by atoms with van der Waals surface area (Å²) in [5.74, 6) is 2.18. The van der Waals surface area contributed by atoms with E-state index in [1.807, 2.05) is 11.8 Å². The fourth-order valence-electron chi connectivity index (χ4n) is 2.71. The number of hydrogen-bond donors (Lipinski definition) is 2. The molecule has 0 aromatic heterocycles. The van der Waals surface area contributed by atoms with E-state index in [9.17, 15) is 5.11 Å². The first-order valence-electron chi connectivity index (χ1n) is 8.20. The van der Waals surface area contributed by atoms with Crippen LogP contribution < -0.4 is 5.32 Å². The summed E-state index contributed by atoms with van der Waals surface area (Å²) in [5.41, 5.74) is 1.30. The minimum atomic E-state index is -0.0859. The van der Waals surface area contributed by atoms with E-state index in [2.05, 4.69) is 50.4 Å². The van der Waals surface area contributed by atoms with Gasteiger partial charge in [0, 0.05) is 10.6 Å². The van der Waals surface area contributed by atoms with Gasteiger partial charge < -0.3 is 10.4 Å². The van der Waals surface area contributed by atoms with Crippen LogP contribution in [-0.2, 0) is 0 Å². The van der Waals surface area contributed by atoms with Gasteiger partial charge >= 0.3 is 0 Å². The highest BCUT2D eigenvalue weighted by atomic mass is 32.2. The summed E-state index contributed by atoms with van der Waals surface area (Å²) in [6.07, 6.45) is 3.62. The quantitative estimate of drug-likeness (QED) is 0.675. The van der Waals surface area contributed by atoms with E-state index < -0.39 is 0 Å². The van der Waals surface area contributed by atoms with Gasteiger partial charge in [-0.15, -0.1) is 11.8 Å². The Morgan fingerprint density at radius 1 is 1.29 bits per heavy atom. The molecule has 1 aliphatic rings. The minimum Gasteiger partial charge on any atom is -0.394 e. The fourth-order valence-corrected chi connectivity index (χ4v) is 3.90. The van der Waals surface area contributed by atoms with Crippen molar-refractivity contribution in [1.29, 1.82) is 0 Å². The summed E-state index contributed by atoms with van der Waals surface area (Å²) in [5, 5.41) is 13.6. The maximum atomic E-state index is 9.93. The van der Waals surface area contributed by atoms with Gasteiger partial charge in [-0.05, 0) is 55.3 Å². The van der Waals surface area contributed by atoms with E-state index in [0.717, 1.165) is 18.7 Å². The van der Waals surface area contributed by atoms with Crippen LogP contribution in [0.1, 0.15) is 51.5 Å². The number of benzene rings is 1. The molecule has 0 aliphatic heterocycles. The molecule has 0 spiro atoms. The molecular formula is C18H29NOS. The van der Waals surface area contributed by atoms with Crippen molar-refractivity contribution in [2.75, 3.05) is 18.9 Å². The molecule has 2 N–H and O–H groups in total. The molecule has 0 bridgehead atoms. The highest BCUT2D eigenvalue weighted by Gasteiger charge is 2.44. The molecule has 1 fully saturated rings. The van der Waals surface area contributed by atoms with Gasteiger partial charge in [0.2, 0.25) is 0 Å². The highest BCUT2D eigenvalue weighted by molar-refractivity contribution is 7.99. The average molecular weight is 308 g/mol. The molecule has 2 nitrogen and oxygen atoms in total. The van der Waals surface area contributed by atoms with Crippen LogP contribution in [0.15, 0.2) is 29.2 Å². The third-order valence-electron chi connectivity index (χ3n) is 4.41. The van der Waals surface area contributed by atoms with Crippen molar-refractivity contribution in [3.8, 4) is 0 Å². The van der Waals surface area contributed by atoms with Crippen molar-refractivity contribution in [2.45, 2.75) is 56.4 Å². The van der Waals surface area contributed by atoms with Crippen molar-refractivity contribution in [1.82, 2.24) is 5.32 Å². The SMILES string of the molecule is CCCNC(CO)(CSc1ccc(C(C)C)cc1)C1CC1. The lowest BCUT2D eigenvalue weighted by Gasteiger charge is -2.33. The van der Waals surface area contributed by atoms with E-state index in [1.165, 1.54) is 23.3 Å². The second kappa shape index (κ2) is 7.66. The van der Waals surface area contributed by atoms with Gasteiger partial charge in [0.1, 0.15) is 0 Å². The molecule has 0 amide bonds. The van der Waals surface area contributed by atoms with E-state index in [4.69, 9.17) is 0 Å². The maximum absolute atomic E-state index is 9.93. The van der Waals surface area contributed by atoms with Crippen LogP contribution in [0.25, 0.3) is 0 Å². The molecule has 21 heavy (non-hydrogen) atoms. The van der Waals surface area contributed by atoms with Crippen LogP contribution in [0.2, 0.25) is 0 Å². The van der Waals surface area contributed by atoms with Crippen LogP contribution in [0.3, 0.4) is 0 Å². The van der Waals surface area contributed by atoms with Crippen LogP contribution in [0.4, 0.5) is 0 Å². The molecule has 0 saturated heterocycles. The Labute approximate surface area is 133 Å². The van der Waals surface area contributed by atoms with Gasteiger partial charge in [-0.3, -0.25) is 0 Å². The second-order valence-corrected chi connectivity index (χ2v) is 7.58. The van der Waals surface area contributed by atoms with E-state index in [1.54, 1.807) is 0 Å². The molecule has 1 aromatic rings. The predicted molar refractivity (Wildman–Crippen MR) is 92.1 cm³/mol. The van der Waals surface area contributed by atoms with Crippen molar-refractivity contribution in [3.05, 3.63) is 29.8 Å². The smallest absolute Gasteiger partial charge is 0.0624 e. The molecule has 118 valence electrons. The van der Waals surface area contributed by atoms with Crippen molar-refractivity contribution in [2.24, 2.45) is 5.92 Å². The molecule has 0 heterocycles. The standard InChI is InChI=1S/C18H29NOS/c1-4-11-19-18(12-20,16-7-8-16)13-21-17-9-5-15(6-10-17)14(2)3/h5-6,9-10,14,16,19-20H,4,7-8,11-13H2,1-3H3. The van der Waals surface area contributed by atoms with Crippen molar-refractivity contribution >= 4 is 11.8 Å². The Bertz CT molecular complexity index is 427. The van der Waals surface area contributed by atoms with E-state index in [0.29, 0.717) is 11.8 Å². The Morgan fingerprint density at radius 2 is 1.95 bits per heavy atom. The van der Waals surface area contributed by atoms with Gasteiger partial charge in [0.25, 0.3) is 0 Å². The third kappa shape index (κ3) is 4.48. The molecular weight excluding hydrogens is 278 g/mol. The maximum Gasteiger partial charge on any atom is 0.0624 e. The number of hydrogen-bond acceptors (Lipinski definition) is 3. The molecule has 1 atom stereocenters. The molecule has 1 aliphatic carbocycles. The van der Waals surface area contributed by atoms with Gasteiger partial charge in [0.05, 0.1) is 12.1 Å². The topological polar surface area (TPSA) is 32.3 Å². The number of aliphatic hydroxyl groups is 1. The van der Waals surface area contributed by atoms with Crippen molar-refractivity contribution < 1.29 is 5.11 Å². The van der Waals surface area contributed by atoms with Crippen molar-refractivity contribution in [3.63, 3.8) is 0 Å². The Balaban J connectivity index is 1.97. The number of aliphatic hydroxyl groups excluding tert-OH is 1. The van der Waals surface area contributed by atoms with Crippen LogP contribution in [0.5, 0.6) is 0 Å². The summed E-state index contributed by atoms with van der Waals surface area (Å²) in [4.78, 5) is 1.30. The highest BCUT2D eigenvalue weighted by Crippen LogP contribution is 2.42. The largest absolute Gasteiger partial charge is 0.394 e. The Hall–Kier alpha value is -0.510. The minimum absolute atomic E-state index is 0.0859. The second-order valence-electron chi connectivity index (χ2n) is 6.53. The van der Waals surface area contributed by atoms with E-state index in [-0.39, 0.29) is 12.1 Å². The number of thioether (sulfide) groups is 1. The molecule has 1 aromatic carbocycles. The monoisotopic (exact) mass is 307 g/mol. The van der Waals surface area contributed by atoms with Gasteiger partial charge in [-0.1, -0.05) is 32.9 Å². The molecule has 1 saturated carbocycles. The zero-order valence-corrected chi connectivity index (χ0v) is 14.4. The molecule has 2 rings (SSSR count). The lowest BCUT2D eigenvalue weighted by molar-refractivity contribution is 0.159. The summed E-state index contributed by atoms with van der Waals surface area (Å²) in [6, 6.07) is 8.89. The van der Waals surface area contributed by atoms with Gasteiger partial charge in [-0.25, -0.2) is 0 Å². The lowest BCUT2D eigenvalue weighted by Crippen LogP contribution is -2.53. The van der Waals surface area contributed by atoms with Gasteiger partial charge in [0.15, 0.2) is 0 Å². The Morgan fingerprint density at radius 3 is 2.43 bits per heavy atom. The summed E-state index contributed by atoms with van der Waals surface area (Å²) >= 11 is 1.87. The summed E-state index contributed by atoms with van der Waals surface area (Å²) in [7, 11) is 0. The van der Waals surface area contributed by atoms with E-state index >= 15 is 0 Å². The lowest BCUT2D eigenvalue weighted by atomic mass is 9.96. The first kappa shape index (κ1) is 16.9. The first-order chi connectivity index (χ1) is 10.1. The average Bonchev–Trinajstić information content (AvgIpc) is 3.33. The zero-order chi connectivity index (χ0) is 15.3. The summed E-state index contributed by atoms with van der Waals surface area (Å²) < 4.78 is 0. The van der Waals surface area contributed by atoms with Crippen LogP contribution >= 0.6 is 11.8 Å². The Kier molecular flexibility index (Phi) is 6.15. The normalized spacial score (nSPS) is 18.0. The van der Waals surface area contributed by atoms with Crippen LogP contribution in [0, 0.1) is 5.92 Å². The van der Waals surface area contributed by atoms with Gasteiger partial charge in [-0.2, -0.15) is 0 Å². The number of nitrogens with one attached hydrogen (secondary N) is 1. The summed E-state index contributed by atoms with van der Waals surface area (Å²) in [6.45, 7) is 7.86. The molecule has 1 unspecified atom stereocenters. The fraction of sp³-hybridized carbons (Fsp3) is 0.667. The third-order valence-corrected chi connectivity index (χ3v) is 5.68. The molecule has 0 radical (unpaired) electrons. The zero-order valence-electron chi connectivity index (χ0n) is 13.6. The molecule has 3 heteroatoms. The first-order valence-corrected chi connectivity index (χ1v) is 9.18. The van der Waals surface area contributed by atoms with Crippen LogP contribution in [-0.4, -0.2) is 29.5 Å². The number of rotatable bonds is 9.